The van der Waals surface area contributed by atoms with E-state index in [9.17, 15) is 18.8 Å². The number of carbonyl (C=O) groups excluding carboxylic acids is 3. The van der Waals surface area contributed by atoms with Crippen LogP contribution in [0.15, 0.2) is 28.7 Å². The summed E-state index contributed by atoms with van der Waals surface area (Å²) in [5, 5.41) is 0.736. The van der Waals surface area contributed by atoms with Gasteiger partial charge in [-0.15, -0.1) is 0 Å². The molecule has 2 N–H and O–H groups in total. The Kier molecular flexibility index (Phi) is 9.99. The van der Waals surface area contributed by atoms with Crippen LogP contribution in [0.3, 0.4) is 0 Å². The lowest BCUT2D eigenvalue weighted by molar-refractivity contribution is -0.143. The highest BCUT2D eigenvalue weighted by Crippen LogP contribution is 2.42. The number of esters is 1. The van der Waals surface area contributed by atoms with Crippen LogP contribution < -0.4 is 5.73 Å². The van der Waals surface area contributed by atoms with E-state index in [0.29, 0.717) is 30.9 Å². The third-order valence-electron chi connectivity index (χ3n) is 10.1. The standard InChI is InChI=1S/C33H45FN2O6/c1-3-41-33(39)30-18-24-16-20(4-13-29(24)42-30)17-28(37)31-26(21-9-11-25(40-2)12-10-21)14-15-36(31)32(38)23-7-5-22(6-8-23)27(35)19-34/h4,13,16,18,21-23,25-27,31H,3,5-12,14-15,17,19,35H2,1-2H3/t21?,22?,23?,25?,26-,27-,31-/m1/s1. The number of Topliss-reactive ketones (excluding diaryl/α,β-unsaturated/α-hetero) is 1. The van der Waals surface area contributed by atoms with Gasteiger partial charge in [-0.25, -0.2) is 9.18 Å². The quantitative estimate of drug-likeness (QED) is 0.380. The zero-order valence-electron chi connectivity index (χ0n) is 24.9. The van der Waals surface area contributed by atoms with E-state index in [1.807, 2.05) is 17.0 Å². The second kappa shape index (κ2) is 13.7. The first-order chi connectivity index (χ1) is 20.3. The first kappa shape index (κ1) is 30.7. The van der Waals surface area contributed by atoms with Crippen LogP contribution in [-0.4, -0.2) is 67.7 Å². The molecule has 0 unspecified atom stereocenters. The fourth-order valence-corrected chi connectivity index (χ4v) is 7.69. The summed E-state index contributed by atoms with van der Waals surface area (Å²) in [5.41, 5.74) is 7.34. The van der Waals surface area contributed by atoms with Crippen LogP contribution in [0.25, 0.3) is 11.0 Å². The number of methoxy groups -OCH3 is 1. The Labute approximate surface area is 247 Å². The molecule has 42 heavy (non-hydrogen) atoms. The molecule has 0 bridgehead atoms. The van der Waals surface area contributed by atoms with E-state index < -0.39 is 24.7 Å². The van der Waals surface area contributed by atoms with Gasteiger partial charge < -0.3 is 24.5 Å². The number of furan rings is 1. The molecule has 5 rings (SSSR count). The Morgan fingerprint density at radius 2 is 1.79 bits per heavy atom. The summed E-state index contributed by atoms with van der Waals surface area (Å²) in [7, 11) is 1.76. The summed E-state index contributed by atoms with van der Waals surface area (Å²) in [6.07, 6.45) is 8.13. The number of rotatable bonds is 10. The molecular formula is C33H45FN2O6. The highest BCUT2D eigenvalue weighted by Gasteiger charge is 2.47. The number of hydrogen-bond acceptors (Lipinski definition) is 7. The molecule has 2 heterocycles. The largest absolute Gasteiger partial charge is 0.460 e. The number of halogens is 1. The summed E-state index contributed by atoms with van der Waals surface area (Å²) in [6.45, 7) is 2.06. The Morgan fingerprint density at radius 3 is 2.45 bits per heavy atom. The third-order valence-corrected chi connectivity index (χ3v) is 10.1. The molecule has 0 radical (unpaired) electrons. The van der Waals surface area contributed by atoms with Gasteiger partial charge in [-0.3, -0.25) is 9.59 Å². The van der Waals surface area contributed by atoms with Crippen molar-refractivity contribution in [3.05, 3.63) is 35.6 Å². The second-order valence-corrected chi connectivity index (χ2v) is 12.5. The predicted octanol–water partition coefficient (Wildman–Crippen LogP) is 5.25. The Morgan fingerprint density at radius 1 is 1.05 bits per heavy atom. The van der Waals surface area contributed by atoms with Crippen LogP contribution in [0, 0.1) is 23.7 Å². The van der Waals surface area contributed by atoms with Crippen molar-refractivity contribution in [3.63, 3.8) is 0 Å². The van der Waals surface area contributed by atoms with Crippen molar-refractivity contribution in [2.24, 2.45) is 29.4 Å². The first-order valence-electron chi connectivity index (χ1n) is 15.7. The molecule has 3 atom stereocenters. The zero-order valence-corrected chi connectivity index (χ0v) is 24.9. The molecule has 9 heteroatoms. The maximum atomic E-state index is 14.1. The maximum Gasteiger partial charge on any atom is 0.374 e. The zero-order chi connectivity index (χ0) is 29.8. The monoisotopic (exact) mass is 584 g/mol. The van der Waals surface area contributed by atoms with Gasteiger partial charge in [0.25, 0.3) is 0 Å². The first-order valence-corrected chi connectivity index (χ1v) is 15.7. The van der Waals surface area contributed by atoms with Crippen molar-refractivity contribution in [1.82, 2.24) is 4.90 Å². The molecule has 2 saturated carbocycles. The minimum absolute atomic E-state index is 0.0568. The number of amides is 1. The third kappa shape index (κ3) is 6.57. The molecule has 0 spiro atoms. The molecule has 1 aromatic heterocycles. The molecule has 1 saturated heterocycles. The van der Waals surface area contributed by atoms with E-state index in [1.165, 1.54) is 0 Å². The Bertz CT molecular complexity index is 1250. The molecule has 3 fully saturated rings. The van der Waals surface area contributed by atoms with E-state index in [-0.39, 0.29) is 54.3 Å². The van der Waals surface area contributed by atoms with Gasteiger partial charge in [-0.05, 0) is 106 Å². The maximum absolute atomic E-state index is 14.1. The van der Waals surface area contributed by atoms with Crippen LogP contribution >= 0.6 is 0 Å². The SMILES string of the molecule is CCOC(=O)c1cc2cc(CC(=O)[C@H]3[C@@H](C4CCC(OC)CC4)CCN3C(=O)C3CCC([C@H](N)CF)CC3)ccc2o1. The predicted molar refractivity (Wildman–Crippen MR) is 157 cm³/mol. The number of ketones is 1. The van der Waals surface area contributed by atoms with Crippen LogP contribution in [0.1, 0.15) is 80.8 Å². The minimum atomic E-state index is -0.534. The highest BCUT2D eigenvalue weighted by atomic mass is 19.1. The lowest BCUT2D eigenvalue weighted by atomic mass is 9.74. The molecule has 3 aliphatic rings. The smallest absolute Gasteiger partial charge is 0.374 e. The van der Waals surface area contributed by atoms with Gasteiger partial charge in [-0.1, -0.05) is 6.07 Å². The van der Waals surface area contributed by atoms with Crippen LogP contribution in [0.2, 0.25) is 0 Å². The molecule has 2 aliphatic carbocycles. The number of alkyl halides is 1. The second-order valence-electron chi connectivity index (χ2n) is 12.5. The number of carbonyl (C=O) groups is 3. The summed E-state index contributed by atoms with van der Waals surface area (Å²) >= 11 is 0. The molecule has 1 aromatic carbocycles. The number of benzene rings is 1. The summed E-state index contributed by atoms with van der Waals surface area (Å²) in [6, 6.07) is 6.25. The van der Waals surface area contributed by atoms with Crippen molar-refractivity contribution in [1.29, 1.82) is 0 Å². The van der Waals surface area contributed by atoms with Gasteiger partial charge in [0.1, 0.15) is 12.3 Å². The van der Waals surface area contributed by atoms with Crippen LogP contribution in [-0.2, 0) is 25.5 Å². The van der Waals surface area contributed by atoms with Gasteiger partial charge in [0.15, 0.2) is 5.78 Å². The van der Waals surface area contributed by atoms with Crippen molar-refractivity contribution < 1.29 is 32.7 Å². The van der Waals surface area contributed by atoms with Gasteiger partial charge in [-0.2, -0.15) is 0 Å². The molecule has 8 nitrogen and oxygen atoms in total. The van der Waals surface area contributed by atoms with Crippen LogP contribution in [0.4, 0.5) is 4.39 Å². The van der Waals surface area contributed by atoms with E-state index in [2.05, 4.69) is 0 Å². The van der Waals surface area contributed by atoms with Crippen molar-refractivity contribution >= 4 is 28.6 Å². The van der Waals surface area contributed by atoms with Crippen molar-refractivity contribution in [2.75, 3.05) is 26.9 Å². The van der Waals surface area contributed by atoms with Crippen LogP contribution in [0.5, 0.6) is 0 Å². The average molecular weight is 585 g/mol. The molecule has 1 amide bonds. The Hall–Kier alpha value is -2.78. The summed E-state index contributed by atoms with van der Waals surface area (Å²) in [5.74, 6) is 0.221. The van der Waals surface area contributed by atoms with Gasteiger partial charge >= 0.3 is 5.97 Å². The van der Waals surface area contributed by atoms with E-state index >= 15 is 0 Å². The van der Waals surface area contributed by atoms with Gasteiger partial charge in [0.05, 0.1) is 18.8 Å². The topological polar surface area (TPSA) is 112 Å². The summed E-state index contributed by atoms with van der Waals surface area (Å²) < 4.78 is 29.4. The van der Waals surface area contributed by atoms with Crippen molar-refractivity contribution in [3.8, 4) is 0 Å². The minimum Gasteiger partial charge on any atom is -0.460 e. The Balaban J connectivity index is 1.33. The van der Waals surface area contributed by atoms with Gasteiger partial charge in [0, 0.05) is 37.4 Å². The number of likely N-dealkylation sites (tertiary alicyclic amines) is 1. The molecule has 2 aromatic rings. The average Bonchev–Trinajstić information content (AvgIpc) is 3.65. The number of hydrogen-bond donors (Lipinski definition) is 1. The van der Waals surface area contributed by atoms with E-state index in [1.54, 1.807) is 26.2 Å². The molecular weight excluding hydrogens is 539 g/mol. The molecule has 1 aliphatic heterocycles. The lowest BCUT2D eigenvalue weighted by Crippen LogP contribution is -2.48. The summed E-state index contributed by atoms with van der Waals surface area (Å²) in [4.78, 5) is 42.1. The number of nitrogens with zero attached hydrogens (tertiary/aromatic N) is 1. The number of nitrogens with two attached hydrogens (primary N) is 1. The number of ether oxygens (including phenoxy) is 2. The molecule has 230 valence electrons. The van der Waals surface area contributed by atoms with Gasteiger partial charge in [0.2, 0.25) is 11.7 Å². The highest BCUT2D eigenvalue weighted by molar-refractivity contribution is 5.94. The fraction of sp³-hybridized carbons (Fsp3) is 0.667. The fourth-order valence-electron chi connectivity index (χ4n) is 7.69. The number of fused-ring (bicyclic) bond motifs is 1. The van der Waals surface area contributed by atoms with E-state index in [0.717, 1.165) is 55.9 Å². The lowest BCUT2D eigenvalue weighted by Gasteiger charge is -2.37. The van der Waals surface area contributed by atoms with E-state index in [4.69, 9.17) is 19.6 Å². The normalized spacial score (nSPS) is 29.0. The van der Waals surface area contributed by atoms with Crippen molar-refractivity contribution in [2.45, 2.75) is 89.3 Å².